The lowest BCUT2D eigenvalue weighted by Crippen LogP contribution is -2.20. The first-order valence-electron chi connectivity index (χ1n) is 5.88. The maximum absolute atomic E-state index is 14.0. The largest absolute Gasteiger partial charge is 0.467 e. The van der Waals surface area contributed by atoms with Crippen LogP contribution < -0.4 is 5.32 Å². The fourth-order valence-corrected chi connectivity index (χ4v) is 2.40. The second kappa shape index (κ2) is 5.84. The number of hydrogen-bond acceptors (Lipinski definition) is 2. The van der Waals surface area contributed by atoms with Crippen molar-refractivity contribution in [2.45, 2.75) is 19.4 Å². The van der Waals surface area contributed by atoms with Gasteiger partial charge in [-0.2, -0.15) is 0 Å². The Kier molecular flexibility index (Phi) is 4.37. The molecule has 1 aromatic carbocycles. The molecule has 0 saturated carbocycles. The number of furan rings is 1. The molecule has 0 spiro atoms. The summed E-state index contributed by atoms with van der Waals surface area (Å²) >= 11 is 3.07. The second-order valence-corrected chi connectivity index (χ2v) is 5.19. The van der Waals surface area contributed by atoms with E-state index in [1.54, 1.807) is 13.3 Å². The minimum atomic E-state index is -0.565. The molecular weight excluding hydrogens is 316 g/mol. The fourth-order valence-electron chi connectivity index (χ4n) is 2.03. The minimum Gasteiger partial charge on any atom is -0.467 e. The third-order valence-electron chi connectivity index (χ3n) is 3.11. The van der Waals surface area contributed by atoms with E-state index in [0.29, 0.717) is 5.76 Å². The summed E-state index contributed by atoms with van der Waals surface area (Å²) in [6, 6.07) is 4.17. The van der Waals surface area contributed by atoms with Gasteiger partial charge in [0.25, 0.3) is 0 Å². The Balaban J connectivity index is 2.34. The zero-order chi connectivity index (χ0) is 14.0. The fraction of sp³-hybridized carbons (Fsp3) is 0.286. The van der Waals surface area contributed by atoms with Crippen LogP contribution in [0.3, 0.4) is 0 Å². The maximum atomic E-state index is 14.0. The Labute approximate surface area is 118 Å². The number of nitrogens with one attached hydrogen (secondary N) is 1. The topological polar surface area (TPSA) is 25.2 Å². The van der Waals surface area contributed by atoms with Crippen LogP contribution in [0.5, 0.6) is 0 Å². The monoisotopic (exact) mass is 329 g/mol. The Morgan fingerprint density at radius 2 is 2.05 bits per heavy atom. The van der Waals surface area contributed by atoms with Crippen LogP contribution in [0, 0.1) is 18.6 Å². The van der Waals surface area contributed by atoms with Gasteiger partial charge >= 0.3 is 0 Å². The summed E-state index contributed by atoms with van der Waals surface area (Å²) in [4.78, 5) is 0. The molecule has 0 bridgehead atoms. The van der Waals surface area contributed by atoms with Crippen molar-refractivity contribution in [3.63, 3.8) is 0 Å². The van der Waals surface area contributed by atoms with Crippen LogP contribution in [-0.2, 0) is 6.42 Å². The van der Waals surface area contributed by atoms with Gasteiger partial charge in [0, 0.05) is 12.0 Å². The Morgan fingerprint density at radius 1 is 1.32 bits per heavy atom. The van der Waals surface area contributed by atoms with Crippen molar-refractivity contribution in [2.24, 2.45) is 0 Å². The molecule has 0 aliphatic carbocycles. The van der Waals surface area contributed by atoms with Gasteiger partial charge in [-0.3, -0.25) is 0 Å². The molecule has 1 N–H and O–H groups in total. The van der Waals surface area contributed by atoms with Gasteiger partial charge in [0.1, 0.15) is 17.4 Å². The number of rotatable bonds is 4. The highest BCUT2D eigenvalue weighted by atomic mass is 79.9. The molecule has 2 rings (SSSR count). The van der Waals surface area contributed by atoms with E-state index in [1.807, 2.05) is 13.0 Å². The van der Waals surface area contributed by atoms with Crippen molar-refractivity contribution in [3.05, 3.63) is 57.5 Å². The van der Waals surface area contributed by atoms with E-state index >= 15 is 0 Å². The van der Waals surface area contributed by atoms with E-state index in [9.17, 15) is 8.78 Å². The highest BCUT2D eigenvalue weighted by molar-refractivity contribution is 9.10. The smallest absolute Gasteiger partial charge is 0.143 e. The molecule has 0 aliphatic heterocycles. The SMILES string of the molecule is CNC(Cc1c(F)ccc(Br)c1F)c1occc1C. The quantitative estimate of drug-likeness (QED) is 0.853. The van der Waals surface area contributed by atoms with E-state index in [0.717, 1.165) is 5.56 Å². The van der Waals surface area contributed by atoms with Crippen LogP contribution in [0.15, 0.2) is 33.4 Å². The average molecular weight is 330 g/mol. The van der Waals surface area contributed by atoms with Gasteiger partial charge in [-0.05, 0) is 53.7 Å². The highest BCUT2D eigenvalue weighted by Crippen LogP contribution is 2.28. The van der Waals surface area contributed by atoms with Gasteiger partial charge < -0.3 is 9.73 Å². The number of hydrogen-bond donors (Lipinski definition) is 1. The van der Waals surface area contributed by atoms with Crippen molar-refractivity contribution in [1.82, 2.24) is 5.32 Å². The molecule has 1 unspecified atom stereocenters. The lowest BCUT2D eigenvalue weighted by Gasteiger charge is -2.16. The van der Waals surface area contributed by atoms with Crippen molar-refractivity contribution in [1.29, 1.82) is 0 Å². The van der Waals surface area contributed by atoms with Crippen LogP contribution in [0.25, 0.3) is 0 Å². The molecule has 19 heavy (non-hydrogen) atoms. The molecule has 0 saturated heterocycles. The minimum absolute atomic E-state index is 0.0459. The van der Waals surface area contributed by atoms with Gasteiger partial charge in [0.2, 0.25) is 0 Å². The third-order valence-corrected chi connectivity index (χ3v) is 3.73. The Morgan fingerprint density at radius 3 is 2.63 bits per heavy atom. The van der Waals surface area contributed by atoms with Crippen LogP contribution in [-0.4, -0.2) is 7.05 Å². The van der Waals surface area contributed by atoms with E-state index in [-0.39, 0.29) is 22.5 Å². The summed E-state index contributed by atoms with van der Waals surface area (Å²) in [7, 11) is 1.74. The summed E-state index contributed by atoms with van der Waals surface area (Å²) in [6.45, 7) is 1.90. The van der Waals surface area contributed by atoms with Gasteiger partial charge in [0.15, 0.2) is 0 Å². The molecule has 0 radical (unpaired) electrons. The van der Waals surface area contributed by atoms with Gasteiger partial charge in [-0.1, -0.05) is 0 Å². The van der Waals surface area contributed by atoms with E-state index in [1.165, 1.54) is 12.1 Å². The summed E-state index contributed by atoms with van der Waals surface area (Å²) in [5.41, 5.74) is 1.000. The predicted octanol–water partition coefficient (Wildman–Crippen LogP) is 4.13. The first-order valence-corrected chi connectivity index (χ1v) is 6.67. The first kappa shape index (κ1) is 14.2. The van der Waals surface area contributed by atoms with E-state index < -0.39 is 11.6 Å². The summed E-state index contributed by atoms with van der Waals surface area (Å²) in [6.07, 6.45) is 1.75. The van der Waals surface area contributed by atoms with Crippen LogP contribution >= 0.6 is 15.9 Å². The van der Waals surface area contributed by atoms with Crippen molar-refractivity contribution in [2.75, 3.05) is 7.05 Å². The Hall–Kier alpha value is -1.20. The van der Waals surface area contributed by atoms with Crippen molar-refractivity contribution < 1.29 is 13.2 Å². The maximum Gasteiger partial charge on any atom is 0.143 e. The van der Waals surface area contributed by atoms with Gasteiger partial charge in [0.05, 0.1) is 16.8 Å². The lowest BCUT2D eigenvalue weighted by molar-refractivity contribution is 0.416. The van der Waals surface area contributed by atoms with Gasteiger partial charge in [-0.25, -0.2) is 8.78 Å². The van der Waals surface area contributed by atoms with Crippen LogP contribution in [0.2, 0.25) is 0 Å². The second-order valence-electron chi connectivity index (χ2n) is 4.33. The summed E-state index contributed by atoms with van der Waals surface area (Å²) in [5.74, 6) is -0.420. The molecular formula is C14H14BrF2NO. The molecule has 2 aromatic rings. The predicted molar refractivity (Wildman–Crippen MR) is 73.0 cm³/mol. The summed E-state index contributed by atoms with van der Waals surface area (Å²) in [5, 5.41) is 3.03. The van der Waals surface area contributed by atoms with Gasteiger partial charge in [-0.15, -0.1) is 0 Å². The third kappa shape index (κ3) is 2.87. The lowest BCUT2D eigenvalue weighted by atomic mass is 10.0. The van der Waals surface area contributed by atoms with Crippen LogP contribution in [0.4, 0.5) is 8.78 Å². The Bertz CT molecular complexity index is 583. The molecule has 0 fully saturated rings. The number of halogens is 3. The first-order chi connectivity index (χ1) is 9.04. The van der Waals surface area contributed by atoms with E-state index in [2.05, 4.69) is 21.2 Å². The molecule has 0 aliphatic rings. The van der Waals surface area contributed by atoms with E-state index in [4.69, 9.17) is 4.42 Å². The number of likely N-dealkylation sites (N-methyl/N-ethyl adjacent to an activating group) is 1. The standard InChI is InChI=1S/C14H14BrF2NO/c1-8-5-6-19-14(8)12(18-2)7-9-11(16)4-3-10(15)13(9)17/h3-6,12,18H,7H2,1-2H3. The molecule has 2 nitrogen and oxygen atoms in total. The molecule has 5 heteroatoms. The molecule has 102 valence electrons. The average Bonchev–Trinajstić information content (AvgIpc) is 2.81. The number of benzene rings is 1. The normalized spacial score (nSPS) is 12.7. The van der Waals surface area contributed by atoms with Crippen molar-refractivity contribution in [3.8, 4) is 0 Å². The zero-order valence-corrected chi connectivity index (χ0v) is 12.2. The summed E-state index contributed by atoms with van der Waals surface area (Å²) < 4.78 is 33.3. The highest BCUT2D eigenvalue weighted by Gasteiger charge is 2.21. The zero-order valence-electron chi connectivity index (χ0n) is 10.6. The molecule has 0 amide bonds. The molecule has 1 atom stereocenters. The molecule has 1 heterocycles. The van der Waals surface area contributed by atoms with Crippen LogP contribution in [0.1, 0.15) is 22.9 Å². The van der Waals surface area contributed by atoms with Crippen molar-refractivity contribution >= 4 is 15.9 Å². The molecule has 1 aromatic heterocycles. The number of aryl methyl sites for hydroxylation is 1.